The maximum atomic E-state index is 5.34. The van der Waals surface area contributed by atoms with Crippen molar-refractivity contribution in [3.63, 3.8) is 0 Å². The van der Waals surface area contributed by atoms with E-state index in [1.165, 1.54) is 44.9 Å². The van der Waals surface area contributed by atoms with E-state index in [-0.39, 0.29) is 6.10 Å². The molecule has 5 nitrogen and oxygen atoms in total. The van der Waals surface area contributed by atoms with E-state index < -0.39 is 0 Å². The van der Waals surface area contributed by atoms with Gasteiger partial charge in [0.1, 0.15) is 11.1 Å². The SMILES string of the molecule is CN=C(NCCCC1CCCCC1)N(C)Cc1csc(C(C)OC)n1. The van der Waals surface area contributed by atoms with Gasteiger partial charge < -0.3 is 15.0 Å². The molecule has 1 atom stereocenters. The van der Waals surface area contributed by atoms with Crippen LogP contribution in [0, 0.1) is 5.92 Å². The van der Waals surface area contributed by atoms with Crippen LogP contribution in [0.5, 0.6) is 0 Å². The van der Waals surface area contributed by atoms with Crippen LogP contribution >= 0.6 is 11.3 Å². The molecular formula is C19H34N4OS. The van der Waals surface area contributed by atoms with Crippen molar-refractivity contribution in [1.29, 1.82) is 0 Å². The monoisotopic (exact) mass is 366 g/mol. The standard InChI is InChI=1S/C19H34N4OS/c1-15(24-4)18-22-17(14-25-18)13-23(3)19(20-2)21-12-8-11-16-9-6-5-7-10-16/h14-16H,5-13H2,1-4H3,(H,20,21). The Morgan fingerprint density at radius 2 is 2.20 bits per heavy atom. The highest BCUT2D eigenvalue weighted by molar-refractivity contribution is 7.09. The summed E-state index contributed by atoms with van der Waals surface area (Å²) in [5.41, 5.74) is 1.07. The van der Waals surface area contributed by atoms with Gasteiger partial charge in [0.05, 0.1) is 12.2 Å². The van der Waals surface area contributed by atoms with Gasteiger partial charge >= 0.3 is 0 Å². The minimum atomic E-state index is 0.0567. The predicted molar refractivity (Wildman–Crippen MR) is 106 cm³/mol. The van der Waals surface area contributed by atoms with Crippen LogP contribution in [0.1, 0.15) is 68.7 Å². The Bertz CT molecular complexity index is 525. The number of hydrogen-bond acceptors (Lipinski definition) is 4. The van der Waals surface area contributed by atoms with Crippen LogP contribution in [0.25, 0.3) is 0 Å². The van der Waals surface area contributed by atoms with Gasteiger partial charge in [0.2, 0.25) is 0 Å². The molecule has 0 spiro atoms. The third-order valence-electron chi connectivity index (χ3n) is 5.04. The van der Waals surface area contributed by atoms with Gasteiger partial charge in [-0.05, 0) is 25.7 Å². The molecule has 1 unspecified atom stereocenters. The van der Waals surface area contributed by atoms with Crippen LogP contribution in [-0.4, -0.2) is 43.6 Å². The first kappa shape index (κ1) is 20.2. The molecule has 1 heterocycles. The number of nitrogens with one attached hydrogen (secondary N) is 1. The number of methoxy groups -OCH3 is 1. The number of rotatable bonds is 8. The number of aromatic nitrogens is 1. The predicted octanol–water partition coefficient (Wildman–Crippen LogP) is 4.22. The first-order valence-corrected chi connectivity index (χ1v) is 10.4. The molecule has 1 aromatic rings. The van der Waals surface area contributed by atoms with Crippen molar-refractivity contribution in [3.05, 3.63) is 16.1 Å². The van der Waals surface area contributed by atoms with Crippen LogP contribution in [0.4, 0.5) is 0 Å². The Kier molecular flexibility index (Phi) is 8.68. The lowest BCUT2D eigenvalue weighted by molar-refractivity contribution is 0.119. The van der Waals surface area contributed by atoms with Crippen LogP contribution < -0.4 is 5.32 Å². The molecular weight excluding hydrogens is 332 g/mol. The summed E-state index contributed by atoms with van der Waals surface area (Å²) in [7, 11) is 5.63. The summed E-state index contributed by atoms with van der Waals surface area (Å²) in [5, 5.41) is 6.63. The van der Waals surface area contributed by atoms with Crippen molar-refractivity contribution in [3.8, 4) is 0 Å². The molecule has 0 amide bonds. The van der Waals surface area contributed by atoms with Crippen molar-refractivity contribution >= 4 is 17.3 Å². The molecule has 1 aliphatic carbocycles. The molecule has 0 saturated heterocycles. The van der Waals surface area contributed by atoms with Crippen molar-refractivity contribution in [1.82, 2.24) is 15.2 Å². The molecule has 1 fully saturated rings. The Morgan fingerprint density at radius 3 is 2.88 bits per heavy atom. The average Bonchev–Trinajstić information content (AvgIpc) is 3.10. The van der Waals surface area contributed by atoms with Crippen molar-refractivity contribution in [2.75, 3.05) is 27.7 Å². The second-order valence-corrected chi connectivity index (χ2v) is 7.92. The average molecular weight is 367 g/mol. The van der Waals surface area contributed by atoms with E-state index in [4.69, 9.17) is 4.74 Å². The topological polar surface area (TPSA) is 49.8 Å². The van der Waals surface area contributed by atoms with Gasteiger partial charge in [-0.3, -0.25) is 4.99 Å². The first-order chi connectivity index (χ1) is 12.1. The molecule has 1 aliphatic rings. The third-order valence-corrected chi connectivity index (χ3v) is 6.10. The Morgan fingerprint density at radius 1 is 1.44 bits per heavy atom. The minimum absolute atomic E-state index is 0.0567. The zero-order valence-electron chi connectivity index (χ0n) is 16.3. The smallest absolute Gasteiger partial charge is 0.193 e. The van der Waals surface area contributed by atoms with Crippen molar-refractivity contribution in [2.24, 2.45) is 10.9 Å². The molecule has 1 saturated carbocycles. The molecule has 0 aliphatic heterocycles. The number of hydrogen-bond donors (Lipinski definition) is 1. The second-order valence-electron chi connectivity index (χ2n) is 7.03. The largest absolute Gasteiger partial charge is 0.375 e. The number of ether oxygens (including phenoxy) is 1. The van der Waals surface area contributed by atoms with Crippen LogP contribution in [0.3, 0.4) is 0 Å². The molecule has 0 bridgehead atoms. The fourth-order valence-corrected chi connectivity index (χ4v) is 4.29. The highest BCUT2D eigenvalue weighted by Gasteiger charge is 2.14. The molecule has 1 aromatic heterocycles. The fourth-order valence-electron chi connectivity index (χ4n) is 3.45. The van der Waals surface area contributed by atoms with E-state index in [0.717, 1.165) is 35.7 Å². The Balaban J connectivity index is 1.72. The lowest BCUT2D eigenvalue weighted by atomic mass is 9.86. The van der Waals surface area contributed by atoms with E-state index in [1.807, 2.05) is 14.0 Å². The Hall–Kier alpha value is -1.14. The van der Waals surface area contributed by atoms with Crippen molar-refractivity contribution in [2.45, 2.75) is 64.5 Å². The van der Waals surface area contributed by atoms with Crippen LogP contribution in [0.15, 0.2) is 10.4 Å². The lowest BCUT2D eigenvalue weighted by Crippen LogP contribution is -2.39. The Labute approximate surface area is 156 Å². The van der Waals surface area contributed by atoms with E-state index in [2.05, 4.69) is 32.6 Å². The quantitative estimate of drug-likeness (QED) is 0.425. The van der Waals surface area contributed by atoms with E-state index in [0.29, 0.717) is 0 Å². The van der Waals surface area contributed by atoms with E-state index in [1.54, 1.807) is 18.4 Å². The normalized spacial score (nSPS) is 17.5. The molecule has 0 radical (unpaired) electrons. The number of nitrogens with zero attached hydrogens (tertiary/aromatic N) is 3. The second kappa shape index (κ2) is 10.8. The summed E-state index contributed by atoms with van der Waals surface area (Å²) in [6.45, 7) is 3.78. The third kappa shape index (κ3) is 6.59. The van der Waals surface area contributed by atoms with Crippen LogP contribution in [-0.2, 0) is 11.3 Å². The summed E-state index contributed by atoms with van der Waals surface area (Å²) in [5.74, 6) is 1.89. The maximum absolute atomic E-state index is 5.34. The highest BCUT2D eigenvalue weighted by atomic mass is 32.1. The van der Waals surface area contributed by atoms with Gasteiger partial charge in [-0.1, -0.05) is 32.1 Å². The van der Waals surface area contributed by atoms with Gasteiger partial charge in [0.15, 0.2) is 5.96 Å². The van der Waals surface area contributed by atoms with Gasteiger partial charge in [0, 0.05) is 33.1 Å². The summed E-state index contributed by atoms with van der Waals surface area (Å²) in [6, 6.07) is 0. The van der Waals surface area contributed by atoms with E-state index in [9.17, 15) is 0 Å². The molecule has 1 N–H and O–H groups in total. The lowest BCUT2D eigenvalue weighted by Gasteiger charge is -2.23. The molecule has 142 valence electrons. The van der Waals surface area contributed by atoms with Crippen LogP contribution in [0.2, 0.25) is 0 Å². The van der Waals surface area contributed by atoms with E-state index >= 15 is 0 Å². The first-order valence-electron chi connectivity index (χ1n) is 9.53. The van der Waals surface area contributed by atoms with Crippen molar-refractivity contribution < 1.29 is 4.74 Å². The van der Waals surface area contributed by atoms with Gasteiger partial charge in [0.25, 0.3) is 0 Å². The zero-order chi connectivity index (χ0) is 18.1. The highest BCUT2D eigenvalue weighted by Crippen LogP contribution is 2.27. The van der Waals surface area contributed by atoms with Gasteiger partial charge in [-0.25, -0.2) is 4.98 Å². The number of aliphatic imine (C=N–C) groups is 1. The summed E-state index contributed by atoms with van der Waals surface area (Å²) in [6.07, 6.45) is 9.79. The summed E-state index contributed by atoms with van der Waals surface area (Å²) >= 11 is 1.66. The number of thiazole rings is 1. The molecule has 6 heteroatoms. The summed E-state index contributed by atoms with van der Waals surface area (Å²) in [4.78, 5) is 11.2. The molecule has 0 aromatic carbocycles. The zero-order valence-corrected chi connectivity index (χ0v) is 17.1. The molecule has 2 rings (SSSR count). The molecule has 25 heavy (non-hydrogen) atoms. The fraction of sp³-hybridized carbons (Fsp3) is 0.789. The number of guanidine groups is 1. The minimum Gasteiger partial charge on any atom is -0.375 e. The van der Waals surface area contributed by atoms with Gasteiger partial charge in [-0.15, -0.1) is 11.3 Å². The van der Waals surface area contributed by atoms with Gasteiger partial charge in [-0.2, -0.15) is 0 Å². The summed E-state index contributed by atoms with van der Waals surface area (Å²) < 4.78 is 5.34. The maximum Gasteiger partial charge on any atom is 0.193 e.